The van der Waals surface area contributed by atoms with Crippen molar-refractivity contribution in [1.82, 2.24) is 0 Å². The van der Waals surface area contributed by atoms with E-state index in [1.807, 2.05) is 0 Å². The third-order valence-corrected chi connectivity index (χ3v) is 14.2. The number of nitrogens with zero attached hydrogens (tertiary/aromatic N) is 2. The van der Waals surface area contributed by atoms with E-state index in [1.54, 1.807) is 4.70 Å². The quantitative estimate of drug-likeness (QED) is 0.0279. The maximum atomic E-state index is 12.4. The Morgan fingerprint density at radius 2 is 0.618 bits per heavy atom. The van der Waals surface area contributed by atoms with Crippen LogP contribution in [-0.4, -0.2) is 4.70 Å². The van der Waals surface area contributed by atoms with E-state index in [0.29, 0.717) is 0 Å². The fourth-order valence-corrected chi connectivity index (χ4v) is 9.94. The van der Waals surface area contributed by atoms with E-state index in [9.17, 15) is 5.53 Å². The molecule has 2 aromatic rings. The molecule has 3 rings (SSSR count). The second-order valence-corrected chi connectivity index (χ2v) is 20.8. The van der Waals surface area contributed by atoms with Crippen LogP contribution in [0.3, 0.4) is 0 Å². The minimum absolute atomic E-state index is 1.04. The Labute approximate surface area is 429 Å². The van der Waals surface area contributed by atoms with Crippen LogP contribution in [0, 0.1) is 21.6 Å². The molecule has 2 nitrogen and oxygen atoms in total. The van der Waals surface area contributed by atoms with Crippen LogP contribution in [-0.2, 0) is 40.1 Å². The van der Waals surface area contributed by atoms with Crippen LogP contribution < -0.4 is 0 Å². The number of benzene rings is 2. The van der Waals surface area contributed by atoms with Gasteiger partial charge in [0, 0.05) is 22.3 Å². The molecule has 1 aliphatic rings. The summed E-state index contributed by atoms with van der Waals surface area (Å²) < 4.78 is 1.65. The number of allylic oxidation sites excluding steroid dienone is 2. The molecule has 384 valence electrons. The van der Waals surface area contributed by atoms with Crippen LogP contribution in [0.15, 0.2) is 47.5 Å². The summed E-state index contributed by atoms with van der Waals surface area (Å²) >= 11 is 1.30. The molecule has 2 aromatic carbocycles. The van der Waals surface area contributed by atoms with Gasteiger partial charge in [-0.15, -0.1) is 0 Å². The first-order valence-electron chi connectivity index (χ1n) is 29.2. The first-order valence-corrected chi connectivity index (χ1v) is 30.2. The van der Waals surface area contributed by atoms with Gasteiger partial charge in [0.15, 0.2) is 0 Å². The standard InChI is InChI=1S/C43H66N2.2C11H19.Ni/c1-7-13-19-21-27-41-40(26-20-14-8-2)42(38-30-34(22-15-9-3)28-35(31-38)23-16-10-4)45(44)43(41)39-32-36(24-17-11-5)29-37(33-39)25-18-12-6;2*1-3-5-7-9-11-10-8-6-4-2;/h28-33H,7-27H2,1-6H3;2*3,5-11H2,1H3;. The van der Waals surface area contributed by atoms with E-state index in [-0.39, 0.29) is 0 Å². The molecule has 0 saturated heterocycles. The molecule has 0 aromatic heterocycles. The Morgan fingerprint density at radius 1 is 0.338 bits per heavy atom. The number of aryl methyl sites for hydroxylation is 4. The van der Waals surface area contributed by atoms with Gasteiger partial charge in [0.05, 0.1) is 0 Å². The summed E-state index contributed by atoms with van der Waals surface area (Å²) in [6.45, 7) is 18.3. The molecule has 0 unspecified atom stereocenters. The summed E-state index contributed by atoms with van der Waals surface area (Å²) in [5.74, 6) is 6.48. The second kappa shape index (κ2) is 41.9. The van der Waals surface area contributed by atoms with Crippen molar-refractivity contribution in [3.05, 3.63) is 86.5 Å². The molecular formula is C65H104N2Ni. The SMILES string of the molecule is CCCCCCC1=C(c2cc(CCCC)cc(CCCC)c2)[N+](=[N-])C(c2cc(CCCC)cc(CCCC)c2)=C1CCCCC.CCCCCCCCCC#[C][Ni][C]#CCCCCCCCCC. The molecular weight excluding hydrogens is 867 g/mol. The van der Waals surface area contributed by atoms with Crippen molar-refractivity contribution in [2.75, 3.05) is 0 Å². The zero-order chi connectivity index (χ0) is 49.3. The molecule has 0 fully saturated rings. The van der Waals surface area contributed by atoms with Crippen molar-refractivity contribution in [1.29, 1.82) is 0 Å². The van der Waals surface area contributed by atoms with E-state index in [2.05, 4.69) is 113 Å². The van der Waals surface area contributed by atoms with Crippen molar-refractivity contribution in [3.8, 4) is 21.6 Å². The Morgan fingerprint density at radius 3 is 0.956 bits per heavy atom. The number of hydrogen-bond donors (Lipinski definition) is 0. The zero-order valence-electron chi connectivity index (χ0n) is 45.8. The van der Waals surface area contributed by atoms with Crippen molar-refractivity contribution < 1.29 is 19.1 Å². The van der Waals surface area contributed by atoms with Gasteiger partial charge in [0.2, 0.25) is 11.4 Å². The maximum absolute atomic E-state index is 12.4. The second-order valence-electron chi connectivity index (χ2n) is 20.1. The van der Waals surface area contributed by atoms with Crippen LogP contribution in [0.25, 0.3) is 16.9 Å². The van der Waals surface area contributed by atoms with Crippen molar-refractivity contribution in [3.63, 3.8) is 0 Å². The predicted molar refractivity (Wildman–Crippen MR) is 298 cm³/mol. The van der Waals surface area contributed by atoms with Gasteiger partial charge in [-0.25, -0.2) is 4.70 Å². The van der Waals surface area contributed by atoms with Crippen LogP contribution >= 0.6 is 0 Å². The van der Waals surface area contributed by atoms with Gasteiger partial charge in [0.1, 0.15) is 0 Å². The van der Waals surface area contributed by atoms with E-state index >= 15 is 0 Å². The fraction of sp³-hybridized carbons (Fsp3) is 0.692. The summed E-state index contributed by atoms with van der Waals surface area (Å²) in [6.07, 6.45) is 45.9. The predicted octanol–water partition coefficient (Wildman–Crippen LogP) is 21.0. The van der Waals surface area contributed by atoms with Gasteiger partial charge >= 0.3 is 153 Å². The zero-order valence-corrected chi connectivity index (χ0v) is 46.8. The molecule has 0 amide bonds. The third-order valence-electron chi connectivity index (χ3n) is 13.6. The van der Waals surface area contributed by atoms with Crippen LogP contribution in [0.4, 0.5) is 0 Å². The van der Waals surface area contributed by atoms with Gasteiger partial charge in [-0.2, -0.15) is 0 Å². The molecule has 0 atom stereocenters. The summed E-state index contributed by atoms with van der Waals surface area (Å²) in [7, 11) is 0. The fourth-order valence-electron chi connectivity index (χ4n) is 9.46. The average molecular weight is 972 g/mol. The van der Waals surface area contributed by atoms with Crippen molar-refractivity contribution >= 4 is 11.4 Å². The van der Waals surface area contributed by atoms with E-state index in [1.165, 1.54) is 245 Å². The van der Waals surface area contributed by atoms with Gasteiger partial charge in [-0.1, -0.05) is 111 Å². The molecule has 3 heteroatoms. The molecule has 0 radical (unpaired) electrons. The molecule has 0 bridgehead atoms. The first-order chi connectivity index (χ1) is 33.4. The van der Waals surface area contributed by atoms with E-state index < -0.39 is 0 Å². The van der Waals surface area contributed by atoms with Gasteiger partial charge in [-0.3, -0.25) is 0 Å². The summed E-state index contributed by atoms with van der Waals surface area (Å²) in [4.78, 5) is 6.27. The Kier molecular flexibility index (Phi) is 37.7. The minimum atomic E-state index is 1.04. The number of unbranched alkanes of at least 4 members (excludes halogenated alkanes) is 23. The van der Waals surface area contributed by atoms with Gasteiger partial charge in [0.25, 0.3) is 0 Å². The van der Waals surface area contributed by atoms with Crippen molar-refractivity contribution in [2.24, 2.45) is 0 Å². The third kappa shape index (κ3) is 26.4. The van der Waals surface area contributed by atoms with Crippen LogP contribution in [0.5, 0.6) is 0 Å². The van der Waals surface area contributed by atoms with Gasteiger partial charge < -0.3 is 5.53 Å². The molecule has 68 heavy (non-hydrogen) atoms. The molecule has 1 aliphatic heterocycles. The summed E-state index contributed by atoms with van der Waals surface area (Å²) in [5.41, 5.74) is 25.5. The summed E-state index contributed by atoms with van der Waals surface area (Å²) in [5, 5.41) is 0. The molecule has 0 saturated carbocycles. The summed E-state index contributed by atoms with van der Waals surface area (Å²) in [6, 6.07) is 14.5. The molecule has 0 N–H and O–H groups in total. The Bertz CT molecular complexity index is 1730. The van der Waals surface area contributed by atoms with E-state index in [4.69, 9.17) is 0 Å². The van der Waals surface area contributed by atoms with Crippen molar-refractivity contribution in [2.45, 2.75) is 293 Å². The normalized spacial score (nSPS) is 12.3. The topological polar surface area (TPSA) is 25.3 Å². The van der Waals surface area contributed by atoms with E-state index in [0.717, 1.165) is 62.8 Å². The molecule has 1 heterocycles. The molecule has 0 aliphatic carbocycles. The Balaban J connectivity index is 0.000000582. The Hall–Kier alpha value is -2.87. The van der Waals surface area contributed by atoms with Crippen LogP contribution in [0.1, 0.15) is 301 Å². The van der Waals surface area contributed by atoms with Gasteiger partial charge in [-0.05, 0) is 124 Å². The number of hydrogen-bond acceptors (Lipinski definition) is 0. The van der Waals surface area contributed by atoms with Crippen LogP contribution in [0.2, 0.25) is 0 Å². The average Bonchev–Trinajstić information content (AvgIpc) is 3.63. The first kappa shape index (κ1) is 61.3. The number of rotatable bonds is 37. The monoisotopic (exact) mass is 971 g/mol. The molecule has 0 spiro atoms.